The first kappa shape index (κ1) is 24.0. The summed E-state index contributed by atoms with van der Waals surface area (Å²) in [5.41, 5.74) is 4.81. The van der Waals surface area contributed by atoms with Gasteiger partial charge in [-0.15, -0.1) is 0 Å². The van der Waals surface area contributed by atoms with Crippen LogP contribution in [-0.4, -0.2) is 20.4 Å². The third-order valence-corrected chi connectivity index (χ3v) is 7.45. The summed E-state index contributed by atoms with van der Waals surface area (Å²) in [6, 6.07) is 23.2. The van der Waals surface area contributed by atoms with E-state index < -0.39 is 0 Å². The lowest BCUT2D eigenvalue weighted by atomic mass is 9.94. The van der Waals surface area contributed by atoms with Gasteiger partial charge >= 0.3 is 0 Å². The van der Waals surface area contributed by atoms with Gasteiger partial charge in [0.1, 0.15) is 18.1 Å². The summed E-state index contributed by atoms with van der Waals surface area (Å²) >= 11 is 0. The summed E-state index contributed by atoms with van der Waals surface area (Å²) in [5.74, 6) is 1.79. The first-order chi connectivity index (χ1) is 15.5. The lowest BCUT2D eigenvalue weighted by Gasteiger charge is -2.33. The number of aryl methyl sites for hydroxylation is 1. The number of rotatable bonds is 10. The standard InChI is InChI=1S/C28H34NO2P/c1-6-16-28(3,32-27-15-12-21(2)17-23(27)19-29-4)25-18-24(30-5)13-14-26(25)31-20-22-10-8-7-9-11-22/h7-15,17-19,32H,6,16,20H2,1-5H3/b29-19+. The lowest BCUT2D eigenvalue weighted by Crippen LogP contribution is -2.22. The molecule has 0 radical (unpaired) electrons. The van der Waals surface area contributed by atoms with E-state index in [0.717, 1.165) is 29.9 Å². The van der Waals surface area contributed by atoms with Crippen molar-refractivity contribution in [2.45, 2.75) is 45.4 Å². The van der Waals surface area contributed by atoms with Crippen LogP contribution in [0.1, 0.15) is 48.9 Å². The highest BCUT2D eigenvalue weighted by Crippen LogP contribution is 2.49. The number of hydrogen-bond donors (Lipinski definition) is 0. The third-order valence-electron chi connectivity index (χ3n) is 5.65. The molecule has 0 N–H and O–H groups in total. The van der Waals surface area contributed by atoms with E-state index in [9.17, 15) is 0 Å². The van der Waals surface area contributed by atoms with Crippen LogP contribution in [0, 0.1) is 6.92 Å². The van der Waals surface area contributed by atoms with Crippen molar-refractivity contribution in [2.24, 2.45) is 4.99 Å². The van der Waals surface area contributed by atoms with Gasteiger partial charge in [0, 0.05) is 24.0 Å². The second kappa shape index (κ2) is 11.3. The maximum absolute atomic E-state index is 6.37. The molecule has 2 unspecified atom stereocenters. The molecule has 32 heavy (non-hydrogen) atoms. The normalized spacial score (nSPS) is 13.5. The molecule has 4 heteroatoms. The Bertz CT molecular complexity index is 1050. The second-order valence-corrected chi connectivity index (χ2v) is 10.2. The zero-order chi connectivity index (χ0) is 23.0. The number of aliphatic imine (C=N–C) groups is 1. The Morgan fingerprint density at radius 3 is 2.50 bits per heavy atom. The molecule has 3 nitrogen and oxygen atoms in total. The smallest absolute Gasteiger partial charge is 0.124 e. The van der Waals surface area contributed by atoms with Gasteiger partial charge < -0.3 is 9.47 Å². The van der Waals surface area contributed by atoms with Crippen LogP contribution >= 0.6 is 8.58 Å². The maximum Gasteiger partial charge on any atom is 0.124 e. The summed E-state index contributed by atoms with van der Waals surface area (Å²) in [7, 11) is 4.13. The van der Waals surface area contributed by atoms with Crippen molar-refractivity contribution in [3.05, 3.63) is 89.0 Å². The minimum atomic E-state index is -0.0824. The number of hydrogen-bond acceptors (Lipinski definition) is 3. The van der Waals surface area contributed by atoms with Gasteiger partial charge in [-0.3, -0.25) is 4.99 Å². The zero-order valence-electron chi connectivity index (χ0n) is 19.8. The van der Waals surface area contributed by atoms with Crippen molar-refractivity contribution < 1.29 is 9.47 Å². The number of ether oxygens (including phenoxy) is 2. The van der Waals surface area contributed by atoms with E-state index in [-0.39, 0.29) is 5.16 Å². The van der Waals surface area contributed by atoms with Crippen molar-refractivity contribution >= 4 is 20.1 Å². The molecule has 0 fully saturated rings. The Hall–Kier alpha value is -2.64. The molecule has 0 aliphatic carbocycles. The molecule has 0 saturated heterocycles. The van der Waals surface area contributed by atoms with Crippen LogP contribution in [0.2, 0.25) is 0 Å². The summed E-state index contributed by atoms with van der Waals surface area (Å²) in [5, 5.41) is 1.25. The largest absolute Gasteiger partial charge is 0.497 e. The number of methoxy groups -OCH3 is 1. The van der Waals surface area contributed by atoms with Gasteiger partial charge in [0.25, 0.3) is 0 Å². The highest BCUT2D eigenvalue weighted by atomic mass is 31.1. The quantitative estimate of drug-likeness (QED) is 0.257. The van der Waals surface area contributed by atoms with Crippen molar-refractivity contribution in [1.82, 2.24) is 0 Å². The van der Waals surface area contributed by atoms with Crippen LogP contribution in [0.15, 0.2) is 71.7 Å². The van der Waals surface area contributed by atoms with Crippen LogP contribution in [0.4, 0.5) is 0 Å². The fraction of sp³-hybridized carbons (Fsp3) is 0.321. The Morgan fingerprint density at radius 2 is 1.81 bits per heavy atom. The monoisotopic (exact) mass is 447 g/mol. The third kappa shape index (κ3) is 5.99. The average Bonchev–Trinajstić information content (AvgIpc) is 2.80. The molecule has 3 aromatic carbocycles. The summed E-state index contributed by atoms with van der Waals surface area (Å²) in [4.78, 5) is 4.30. The fourth-order valence-electron chi connectivity index (χ4n) is 4.03. The average molecular weight is 448 g/mol. The maximum atomic E-state index is 6.37. The molecular weight excluding hydrogens is 413 g/mol. The van der Waals surface area contributed by atoms with Gasteiger partial charge in [-0.25, -0.2) is 0 Å². The molecular formula is C28H34NO2P. The zero-order valence-corrected chi connectivity index (χ0v) is 20.8. The van der Waals surface area contributed by atoms with Gasteiger partial charge in [0.2, 0.25) is 0 Å². The summed E-state index contributed by atoms with van der Waals surface area (Å²) in [6.45, 7) is 7.27. The predicted octanol–water partition coefficient (Wildman–Crippen LogP) is 6.65. The molecule has 0 spiro atoms. The first-order valence-electron chi connectivity index (χ1n) is 11.2. The SMILES string of the molecule is CCCC(C)(Pc1ccc(C)cc1/C=N/C)c1cc(OC)ccc1OCc1ccccc1. The van der Waals surface area contributed by atoms with E-state index in [4.69, 9.17) is 9.47 Å². The van der Waals surface area contributed by atoms with E-state index in [1.807, 2.05) is 37.5 Å². The van der Waals surface area contributed by atoms with E-state index >= 15 is 0 Å². The molecule has 0 amide bonds. The van der Waals surface area contributed by atoms with E-state index in [1.165, 1.54) is 22.0 Å². The van der Waals surface area contributed by atoms with Crippen LogP contribution in [0.5, 0.6) is 11.5 Å². The molecule has 0 aromatic heterocycles. The Balaban J connectivity index is 2.02. The second-order valence-electron chi connectivity index (χ2n) is 8.32. The van der Waals surface area contributed by atoms with Crippen molar-refractivity contribution in [3.8, 4) is 11.5 Å². The summed E-state index contributed by atoms with van der Waals surface area (Å²) in [6.07, 6.45) is 4.11. The molecule has 168 valence electrons. The molecule has 0 saturated carbocycles. The van der Waals surface area contributed by atoms with Crippen molar-refractivity contribution in [2.75, 3.05) is 14.2 Å². The van der Waals surface area contributed by atoms with Crippen molar-refractivity contribution in [3.63, 3.8) is 0 Å². The Labute approximate surface area is 194 Å². The lowest BCUT2D eigenvalue weighted by molar-refractivity contribution is 0.298. The molecule has 0 aliphatic heterocycles. The van der Waals surface area contributed by atoms with Gasteiger partial charge in [-0.2, -0.15) is 0 Å². The van der Waals surface area contributed by atoms with Crippen LogP contribution in [-0.2, 0) is 11.8 Å². The molecule has 0 bridgehead atoms. The first-order valence-corrected chi connectivity index (χ1v) is 12.2. The Kier molecular flexibility index (Phi) is 8.47. The number of nitrogens with zero attached hydrogens (tertiary/aromatic N) is 1. The predicted molar refractivity (Wildman–Crippen MR) is 139 cm³/mol. The molecule has 3 aromatic rings. The van der Waals surface area contributed by atoms with Gasteiger partial charge in [0.15, 0.2) is 0 Å². The fourth-order valence-corrected chi connectivity index (χ4v) is 5.78. The van der Waals surface area contributed by atoms with Gasteiger partial charge in [0.05, 0.1) is 7.11 Å². The van der Waals surface area contributed by atoms with Crippen LogP contribution < -0.4 is 14.8 Å². The molecule has 2 atom stereocenters. The van der Waals surface area contributed by atoms with Crippen LogP contribution in [0.25, 0.3) is 0 Å². The Morgan fingerprint density at radius 1 is 1.03 bits per heavy atom. The topological polar surface area (TPSA) is 30.8 Å². The minimum Gasteiger partial charge on any atom is -0.497 e. The highest BCUT2D eigenvalue weighted by molar-refractivity contribution is 7.48. The summed E-state index contributed by atoms with van der Waals surface area (Å²) < 4.78 is 12.0. The van der Waals surface area contributed by atoms with E-state index in [0.29, 0.717) is 15.2 Å². The molecule has 0 aliphatic rings. The van der Waals surface area contributed by atoms with Crippen LogP contribution in [0.3, 0.4) is 0 Å². The molecule has 3 rings (SSSR count). The minimum absolute atomic E-state index is 0.0824. The number of benzene rings is 3. The highest BCUT2D eigenvalue weighted by Gasteiger charge is 2.31. The van der Waals surface area contributed by atoms with E-state index in [2.05, 4.69) is 68.2 Å². The van der Waals surface area contributed by atoms with Gasteiger partial charge in [-0.05, 0) is 54.0 Å². The van der Waals surface area contributed by atoms with Crippen molar-refractivity contribution in [1.29, 1.82) is 0 Å². The molecule has 0 heterocycles. The van der Waals surface area contributed by atoms with E-state index in [1.54, 1.807) is 7.11 Å². The van der Waals surface area contributed by atoms with Gasteiger partial charge in [-0.1, -0.05) is 76.9 Å².